The molecule has 0 amide bonds. The average molecular weight is 280 g/mol. The van der Waals surface area contributed by atoms with E-state index in [1.807, 2.05) is 42.5 Å². The Morgan fingerprint density at radius 1 is 1.00 bits per heavy atom. The quantitative estimate of drug-likeness (QED) is 0.872. The SMILES string of the molecule is C=C1CC(O)(c2ccccc2)c2cc3c(cc21)OCCO3. The lowest BCUT2D eigenvalue weighted by Crippen LogP contribution is -2.24. The van der Waals surface area contributed by atoms with Gasteiger partial charge in [-0.25, -0.2) is 0 Å². The molecule has 4 rings (SSSR count). The fourth-order valence-corrected chi connectivity index (χ4v) is 3.19. The average Bonchev–Trinajstić information content (AvgIpc) is 2.78. The summed E-state index contributed by atoms with van der Waals surface area (Å²) in [5, 5.41) is 11.2. The van der Waals surface area contributed by atoms with E-state index in [0.29, 0.717) is 25.4 Å². The number of hydrogen-bond donors (Lipinski definition) is 1. The monoisotopic (exact) mass is 280 g/mol. The second-order valence-corrected chi connectivity index (χ2v) is 5.55. The van der Waals surface area contributed by atoms with Crippen LogP contribution in [-0.4, -0.2) is 18.3 Å². The van der Waals surface area contributed by atoms with E-state index < -0.39 is 5.60 Å². The van der Waals surface area contributed by atoms with Gasteiger partial charge in [-0.05, 0) is 34.4 Å². The normalized spacial score (nSPS) is 23.0. The van der Waals surface area contributed by atoms with Crippen molar-refractivity contribution >= 4 is 5.57 Å². The maximum absolute atomic E-state index is 11.2. The molecule has 1 atom stereocenters. The summed E-state index contributed by atoms with van der Waals surface area (Å²) in [6, 6.07) is 13.5. The first-order valence-corrected chi connectivity index (χ1v) is 7.09. The van der Waals surface area contributed by atoms with Crippen molar-refractivity contribution in [2.45, 2.75) is 12.0 Å². The van der Waals surface area contributed by atoms with Gasteiger partial charge in [0.05, 0.1) is 0 Å². The molecule has 1 N–H and O–H groups in total. The summed E-state index contributed by atoms with van der Waals surface area (Å²) in [4.78, 5) is 0. The molecule has 1 aliphatic heterocycles. The van der Waals surface area contributed by atoms with Crippen LogP contribution in [0.4, 0.5) is 0 Å². The molecule has 0 saturated heterocycles. The molecule has 0 aromatic heterocycles. The Balaban J connectivity index is 1.91. The minimum absolute atomic E-state index is 0.495. The van der Waals surface area contributed by atoms with Crippen LogP contribution in [0.3, 0.4) is 0 Å². The minimum atomic E-state index is -1.04. The van der Waals surface area contributed by atoms with Gasteiger partial charge in [-0.2, -0.15) is 0 Å². The molecule has 21 heavy (non-hydrogen) atoms. The predicted octanol–water partition coefficient (Wildman–Crippen LogP) is 3.11. The van der Waals surface area contributed by atoms with Gasteiger partial charge in [0, 0.05) is 6.42 Å². The first-order chi connectivity index (χ1) is 10.2. The molecule has 2 aliphatic rings. The Hall–Kier alpha value is -2.26. The minimum Gasteiger partial charge on any atom is -0.486 e. The van der Waals surface area contributed by atoms with Crippen molar-refractivity contribution < 1.29 is 14.6 Å². The summed E-state index contributed by atoms with van der Waals surface area (Å²) >= 11 is 0. The van der Waals surface area contributed by atoms with Gasteiger partial charge >= 0.3 is 0 Å². The smallest absolute Gasteiger partial charge is 0.161 e. The summed E-state index contributed by atoms with van der Waals surface area (Å²) in [7, 11) is 0. The fraction of sp³-hybridized carbons (Fsp3) is 0.222. The Morgan fingerprint density at radius 2 is 1.67 bits per heavy atom. The van der Waals surface area contributed by atoms with Gasteiger partial charge < -0.3 is 14.6 Å². The first-order valence-electron chi connectivity index (χ1n) is 7.09. The number of ether oxygens (including phenoxy) is 2. The summed E-state index contributed by atoms with van der Waals surface area (Å²) in [6.07, 6.45) is 0.495. The second kappa shape index (κ2) is 4.37. The molecule has 3 nitrogen and oxygen atoms in total. The van der Waals surface area contributed by atoms with E-state index in [0.717, 1.165) is 28.0 Å². The first kappa shape index (κ1) is 12.5. The molecule has 1 aliphatic carbocycles. The van der Waals surface area contributed by atoms with Crippen LogP contribution in [0.15, 0.2) is 49.0 Å². The van der Waals surface area contributed by atoms with E-state index >= 15 is 0 Å². The van der Waals surface area contributed by atoms with Crippen LogP contribution in [0, 0.1) is 0 Å². The third kappa shape index (κ3) is 1.78. The second-order valence-electron chi connectivity index (χ2n) is 5.55. The summed E-state index contributed by atoms with van der Waals surface area (Å²) in [5.74, 6) is 1.43. The number of aliphatic hydroxyl groups is 1. The van der Waals surface area contributed by atoms with Crippen LogP contribution in [0.5, 0.6) is 11.5 Å². The Kier molecular flexibility index (Phi) is 2.59. The molecule has 0 fully saturated rings. The lowest BCUT2D eigenvalue weighted by molar-refractivity contribution is 0.0918. The Labute approximate surface area is 123 Å². The zero-order valence-corrected chi connectivity index (χ0v) is 11.6. The van der Waals surface area contributed by atoms with Crippen molar-refractivity contribution in [3.8, 4) is 11.5 Å². The molecule has 0 bridgehead atoms. The van der Waals surface area contributed by atoms with E-state index in [2.05, 4.69) is 6.58 Å². The van der Waals surface area contributed by atoms with Crippen molar-refractivity contribution in [2.24, 2.45) is 0 Å². The van der Waals surface area contributed by atoms with Crippen LogP contribution in [0.1, 0.15) is 23.1 Å². The molecular formula is C18H16O3. The van der Waals surface area contributed by atoms with Crippen molar-refractivity contribution in [3.63, 3.8) is 0 Å². The zero-order chi connectivity index (χ0) is 14.4. The predicted molar refractivity (Wildman–Crippen MR) is 80.5 cm³/mol. The van der Waals surface area contributed by atoms with Crippen LogP contribution in [-0.2, 0) is 5.60 Å². The molecule has 2 aromatic rings. The van der Waals surface area contributed by atoms with E-state index in [1.165, 1.54) is 0 Å². The third-order valence-electron chi connectivity index (χ3n) is 4.23. The van der Waals surface area contributed by atoms with E-state index in [9.17, 15) is 5.11 Å². The summed E-state index contributed by atoms with van der Waals surface area (Å²) in [6.45, 7) is 5.20. The van der Waals surface area contributed by atoms with Crippen LogP contribution >= 0.6 is 0 Å². The van der Waals surface area contributed by atoms with Crippen molar-refractivity contribution in [1.82, 2.24) is 0 Å². The van der Waals surface area contributed by atoms with Gasteiger partial charge in [-0.1, -0.05) is 36.9 Å². The number of fused-ring (bicyclic) bond motifs is 2. The molecule has 1 heterocycles. The van der Waals surface area contributed by atoms with E-state index in [4.69, 9.17) is 9.47 Å². The van der Waals surface area contributed by atoms with Gasteiger partial charge in [0.25, 0.3) is 0 Å². The van der Waals surface area contributed by atoms with Gasteiger partial charge in [-0.15, -0.1) is 0 Å². The van der Waals surface area contributed by atoms with Crippen LogP contribution < -0.4 is 9.47 Å². The van der Waals surface area contributed by atoms with Gasteiger partial charge in [0.1, 0.15) is 18.8 Å². The maximum Gasteiger partial charge on any atom is 0.161 e. The van der Waals surface area contributed by atoms with Gasteiger partial charge in [0.2, 0.25) is 0 Å². The topological polar surface area (TPSA) is 38.7 Å². The van der Waals surface area contributed by atoms with Gasteiger partial charge in [0.15, 0.2) is 11.5 Å². The number of rotatable bonds is 1. The number of hydrogen-bond acceptors (Lipinski definition) is 3. The molecule has 2 aromatic carbocycles. The van der Waals surface area contributed by atoms with E-state index in [-0.39, 0.29) is 0 Å². The fourth-order valence-electron chi connectivity index (χ4n) is 3.19. The third-order valence-corrected chi connectivity index (χ3v) is 4.23. The van der Waals surface area contributed by atoms with Crippen molar-refractivity contribution in [1.29, 1.82) is 0 Å². The molecular weight excluding hydrogens is 264 g/mol. The Bertz CT molecular complexity index is 721. The molecule has 3 heteroatoms. The summed E-state index contributed by atoms with van der Waals surface area (Å²) in [5.41, 5.74) is 2.58. The Morgan fingerprint density at radius 3 is 2.38 bits per heavy atom. The molecule has 0 saturated carbocycles. The van der Waals surface area contributed by atoms with Crippen molar-refractivity contribution in [2.75, 3.05) is 13.2 Å². The molecule has 1 unspecified atom stereocenters. The lowest BCUT2D eigenvalue weighted by atomic mass is 9.87. The van der Waals surface area contributed by atoms with E-state index in [1.54, 1.807) is 0 Å². The molecule has 106 valence electrons. The zero-order valence-electron chi connectivity index (χ0n) is 11.6. The number of benzene rings is 2. The highest BCUT2D eigenvalue weighted by Crippen LogP contribution is 2.50. The lowest BCUT2D eigenvalue weighted by Gasteiger charge is -2.26. The molecule has 0 spiro atoms. The van der Waals surface area contributed by atoms with Gasteiger partial charge in [-0.3, -0.25) is 0 Å². The highest BCUT2D eigenvalue weighted by molar-refractivity contribution is 5.77. The largest absolute Gasteiger partial charge is 0.486 e. The summed E-state index contributed by atoms with van der Waals surface area (Å²) < 4.78 is 11.3. The van der Waals surface area contributed by atoms with Crippen molar-refractivity contribution in [3.05, 3.63) is 65.7 Å². The van der Waals surface area contributed by atoms with Crippen LogP contribution in [0.2, 0.25) is 0 Å². The standard InChI is InChI=1S/C18H16O3/c1-12-11-18(19,13-5-3-2-4-6-13)15-10-17-16(9-14(12)15)20-7-8-21-17/h2-6,9-10,19H,1,7-8,11H2. The maximum atomic E-state index is 11.2. The highest BCUT2D eigenvalue weighted by Gasteiger charge is 2.41. The van der Waals surface area contributed by atoms with Crippen LogP contribution in [0.25, 0.3) is 5.57 Å². The molecule has 0 radical (unpaired) electrons. The highest BCUT2D eigenvalue weighted by atomic mass is 16.6.